The summed E-state index contributed by atoms with van der Waals surface area (Å²) in [6.45, 7) is 3.48. The Morgan fingerprint density at radius 2 is 1.92 bits per heavy atom. The third-order valence-corrected chi connectivity index (χ3v) is 2.48. The molecule has 5 heteroatoms. The Morgan fingerprint density at radius 1 is 1.38 bits per heavy atom. The number of hydrogen-bond acceptors (Lipinski definition) is 2. The lowest BCUT2D eigenvalue weighted by atomic mass is 10.0. The molecule has 1 unspecified atom stereocenters. The van der Waals surface area contributed by atoms with E-state index < -0.39 is 23.6 Å². The van der Waals surface area contributed by atoms with Gasteiger partial charge in [-0.25, -0.2) is 9.59 Å². The number of carboxylic acids is 1. The average Bonchev–Trinajstić information content (AvgIpc) is 2.24. The van der Waals surface area contributed by atoms with Gasteiger partial charge in [-0.15, -0.1) is 0 Å². The Labute approximate surface area is 76.0 Å². The van der Waals surface area contributed by atoms with Crippen molar-refractivity contribution in [2.75, 3.05) is 0 Å². The number of hydrogen-bond donors (Lipinski definition) is 2. The summed E-state index contributed by atoms with van der Waals surface area (Å²) in [5.41, 5.74) is -0.561. The highest BCUT2D eigenvalue weighted by molar-refractivity contribution is 5.80. The molecule has 1 aliphatic rings. The van der Waals surface area contributed by atoms with E-state index in [0.29, 0.717) is 12.8 Å². The largest absolute Gasteiger partial charge is 0.480 e. The van der Waals surface area contributed by atoms with Crippen LogP contribution in [-0.4, -0.2) is 38.8 Å². The van der Waals surface area contributed by atoms with Gasteiger partial charge in [-0.2, -0.15) is 0 Å². The van der Waals surface area contributed by atoms with E-state index in [0.717, 1.165) is 4.90 Å². The first-order chi connectivity index (χ1) is 5.86. The minimum Gasteiger partial charge on any atom is -0.480 e. The second-order valence-corrected chi connectivity index (χ2v) is 3.86. The van der Waals surface area contributed by atoms with Crippen LogP contribution in [0.25, 0.3) is 0 Å². The fourth-order valence-electron chi connectivity index (χ4n) is 1.79. The van der Waals surface area contributed by atoms with Crippen LogP contribution in [0.2, 0.25) is 0 Å². The number of carbonyl (C=O) groups is 2. The minimum atomic E-state index is -1.16. The smallest absolute Gasteiger partial charge is 0.408 e. The van der Waals surface area contributed by atoms with Crippen LogP contribution in [0.4, 0.5) is 4.79 Å². The second kappa shape index (κ2) is 2.90. The minimum absolute atomic E-state index is 0.397. The normalized spacial score (nSPS) is 26.0. The van der Waals surface area contributed by atoms with Gasteiger partial charge in [0.15, 0.2) is 0 Å². The monoisotopic (exact) mass is 187 g/mol. The maximum Gasteiger partial charge on any atom is 0.408 e. The molecule has 1 rings (SSSR count). The quantitative estimate of drug-likeness (QED) is 0.641. The molecule has 5 nitrogen and oxygen atoms in total. The van der Waals surface area contributed by atoms with E-state index in [1.54, 1.807) is 13.8 Å². The van der Waals surface area contributed by atoms with Crippen LogP contribution < -0.4 is 0 Å². The molecule has 1 atom stereocenters. The fraction of sp³-hybridized carbons (Fsp3) is 0.750. The van der Waals surface area contributed by atoms with Gasteiger partial charge in [-0.05, 0) is 26.7 Å². The van der Waals surface area contributed by atoms with E-state index in [4.69, 9.17) is 10.2 Å². The lowest BCUT2D eigenvalue weighted by Gasteiger charge is -2.31. The zero-order chi connectivity index (χ0) is 10.2. The molecule has 74 valence electrons. The Hall–Kier alpha value is -1.26. The van der Waals surface area contributed by atoms with Crippen molar-refractivity contribution in [2.24, 2.45) is 0 Å². The van der Waals surface area contributed by atoms with Crippen LogP contribution in [0.1, 0.15) is 26.7 Å². The molecule has 0 aromatic rings. The molecule has 2 N–H and O–H groups in total. The van der Waals surface area contributed by atoms with Gasteiger partial charge in [-0.3, -0.25) is 4.90 Å². The van der Waals surface area contributed by atoms with Crippen molar-refractivity contribution in [3.63, 3.8) is 0 Å². The number of likely N-dealkylation sites (tertiary alicyclic amines) is 1. The topological polar surface area (TPSA) is 77.8 Å². The molecule has 0 saturated carbocycles. The molecule has 1 aliphatic heterocycles. The van der Waals surface area contributed by atoms with Gasteiger partial charge in [0.25, 0.3) is 0 Å². The van der Waals surface area contributed by atoms with Crippen LogP contribution in [0.15, 0.2) is 0 Å². The number of amides is 1. The van der Waals surface area contributed by atoms with E-state index in [1.165, 1.54) is 0 Å². The van der Waals surface area contributed by atoms with Crippen LogP contribution in [0.5, 0.6) is 0 Å². The number of aliphatic carboxylic acids is 1. The van der Waals surface area contributed by atoms with Gasteiger partial charge in [0.1, 0.15) is 6.04 Å². The summed E-state index contributed by atoms with van der Waals surface area (Å²) in [6, 6.07) is -0.882. The van der Waals surface area contributed by atoms with Gasteiger partial charge in [-0.1, -0.05) is 0 Å². The first-order valence-electron chi connectivity index (χ1n) is 4.11. The predicted molar refractivity (Wildman–Crippen MR) is 44.6 cm³/mol. The summed E-state index contributed by atoms with van der Waals surface area (Å²) in [6.07, 6.45) is -0.167. The predicted octanol–water partition coefficient (Wildman–Crippen LogP) is 0.992. The zero-order valence-corrected chi connectivity index (χ0v) is 7.65. The van der Waals surface area contributed by atoms with E-state index in [1.807, 2.05) is 0 Å². The van der Waals surface area contributed by atoms with Crippen molar-refractivity contribution in [1.82, 2.24) is 4.90 Å². The van der Waals surface area contributed by atoms with E-state index >= 15 is 0 Å². The lowest BCUT2D eigenvalue weighted by Crippen LogP contribution is -2.49. The molecule has 1 amide bonds. The van der Waals surface area contributed by atoms with Crippen molar-refractivity contribution in [3.05, 3.63) is 0 Å². The molecular weight excluding hydrogens is 174 g/mol. The highest BCUT2D eigenvalue weighted by Crippen LogP contribution is 2.33. The van der Waals surface area contributed by atoms with Crippen LogP contribution in [0.3, 0.4) is 0 Å². The molecular formula is C8H13NO4. The summed E-state index contributed by atoms with van der Waals surface area (Å²) in [5, 5.41) is 17.6. The summed E-state index contributed by atoms with van der Waals surface area (Å²) in [5.74, 6) is -1.06. The maximum atomic E-state index is 10.8. The Bertz CT molecular complexity index is 249. The first kappa shape index (κ1) is 9.83. The Kier molecular flexibility index (Phi) is 2.19. The van der Waals surface area contributed by atoms with Crippen molar-refractivity contribution in [1.29, 1.82) is 0 Å². The van der Waals surface area contributed by atoms with Crippen LogP contribution in [0, 0.1) is 0 Å². The summed E-state index contributed by atoms with van der Waals surface area (Å²) in [4.78, 5) is 22.5. The second-order valence-electron chi connectivity index (χ2n) is 3.86. The van der Waals surface area contributed by atoms with Gasteiger partial charge in [0.2, 0.25) is 0 Å². The number of rotatable bonds is 1. The lowest BCUT2D eigenvalue weighted by molar-refractivity contribution is -0.142. The average molecular weight is 187 g/mol. The van der Waals surface area contributed by atoms with Gasteiger partial charge in [0, 0.05) is 5.54 Å². The van der Waals surface area contributed by atoms with Gasteiger partial charge >= 0.3 is 12.1 Å². The number of carboxylic acid groups (broad SMARTS) is 2. The van der Waals surface area contributed by atoms with Crippen LogP contribution >= 0.6 is 0 Å². The third kappa shape index (κ3) is 1.59. The first-order valence-corrected chi connectivity index (χ1v) is 4.11. The van der Waals surface area contributed by atoms with Crippen molar-refractivity contribution in [3.8, 4) is 0 Å². The van der Waals surface area contributed by atoms with Crippen molar-refractivity contribution in [2.45, 2.75) is 38.3 Å². The SMILES string of the molecule is CC1(C)CCC(C(=O)O)N1C(=O)O. The summed E-state index contributed by atoms with van der Waals surface area (Å²) < 4.78 is 0. The van der Waals surface area contributed by atoms with Crippen molar-refractivity contribution >= 4 is 12.1 Å². The highest BCUT2D eigenvalue weighted by Gasteiger charge is 2.45. The molecule has 1 saturated heterocycles. The van der Waals surface area contributed by atoms with E-state index in [9.17, 15) is 9.59 Å². The molecule has 0 bridgehead atoms. The molecule has 0 aromatic heterocycles. The zero-order valence-electron chi connectivity index (χ0n) is 7.65. The molecule has 13 heavy (non-hydrogen) atoms. The molecule has 0 aromatic carbocycles. The Morgan fingerprint density at radius 3 is 2.23 bits per heavy atom. The van der Waals surface area contributed by atoms with Crippen LogP contribution in [-0.2, 0) is 4.79 Å². The van der Waals surface area contributed by atoms with E-state index in [-0.39, 0.29) is 0 Å². The molecule has 0 radical (unpaired) electrons. The van der Waals surface area contributed by atoms with E-state index in [2.05, 4.69) is 0 Å². The highest BCUT2D eigenvalue weighted by atomic mass is 16.4. The summed E-state index contributed by atoms with van der Waals surface area (Å²) >= 11 is 0. The molecule has 0 aliphatic carbocycles. The summed E-state index contributed by atoms with van der Waals surface area (Å²) in [7, 11) is 0. The molecule has 1 fully saturated rings. The third-order valence-electron chi connectivity index (χ3n) is 2.48. The molecule has 0 spiro atoms. The standard InChI is InChI=1S/C8H13NO4/c1-8(2)4-3-5(6(10)11)9(8)7(12)13/h5H,3-4H2,1-2H3,(H,10,11)(H,12,13). The fourth-order valence-corrected chi connectivity index (χ4v) is 1.79. The number of nitrogens with zero attached hydrogens (tertiary/aromatic N) is 1. The maximum absolute atomic E-state index is 10.8. The van der Waals surface area contributed by atoms with Gasteiger partial charge in [0.05, 0.1) is 0 Å². The van der Waals surface area contributed by atoms with Crippen molar-refractivity contribution < 1.29 is 19.8 Å². The van der Waals surface area contributed by atoms with Gasteiger partial charge < -0.3 is 10.2 Å². The molecule has 1 heterocycles. The Balaban J connectivity index is 2.92.